The molecule has 5 heteroatoms. The van der Waals surface area contributed by atoms with Crippen molar-refractivity contribution in [3.63, 3.8) is 0 Å². The first-order chi connectivity index (χ1) is 8.78. The van der Waals surface area contributed by atoms with Crippen molar-refractivity contribution in [3.8, 4) is 0 Å². The van der Waals surface area contributed by atoms with Gasteiger partial charge < -0.3 is 14.5 Å². The third-order valence-electron chi connectivity index (χ3n) is 3.25. The summed E-state index contributed by atoms with van der Waals surface area (Å²) in [4.78, 5) is 0. The molecule has 0 saturated heterocycles. The number of hydrogen-bond acceptors (Lipinski definition) is 5. The number of methoxy groups -OCH3 is 1. The monoisotopic (exact) mass is 253 g/mol. The minimum atomic E-state index is 0.239. The van der Waals surface area contributed by atoms with Crippen molar-refractivity contribution in [2.24, 2.45) is 0 Å². The fraction of sp³-hybridized carbons (Fsp3) is 0.846. The van der Waals surface area contributed by atoms with E-state index < -0.39 is 0 Å². The van der Waals surface area contributed by atoms with Crippen LogP contribution in [0, 0.1) is 0 Å². The highest BCUT2D eigenvalue weighted by atomic mass is 16.5. The second-order valence-electron chi connectivity index (χ2n) is 5.01. The summed E-state index contributed by atoms with van der Waals surface area (Å²) in [5.74, 6) is 1.48. The summed E-state index contributed by atoms with van der Waals surface area (Å²) >= 11 is 0. The van der Waals surface area contributed by atoms with Crippen LogP contribution in [0.4, 0.5) is 0 Å². The first-order valence-electron chi connectivity index (χ1n) is 6.85. The second-order valence-corrected chi connectivity index (χ2v) is 5.01. The van der Waals surface area contributed by atoms with Gasteiger partial charge in [-0.05, 0) is 39.2 Å². The van der Waals surface area contributed by atoms with Crippen molar-refractivity contribution in [3.05, 3.63) is 11.8 Å². The van der Waals surface area contributed by atoms with E-state index in [1.165, 1.54) is 12.8 Å². The third-order valence-corrected chi connectivity index (χ3v) is 3.25. The molecule has 0 aliphatic heterocycles. The molecule has 0 aromatic carbocycles. The number of hydrogen-bond donors (Lipinski definition) is 1. The summed E-state index contributed by atoms with van der Waals surface area (Å²) in [6.45, 7) is 3.09. The van der Waals surface area contributed by atoms with Gasteiger partial charge in [-0.15, -0.1) is 10.2 Å². The van der Waals surface area contributed by atoms with E-state index in [2.05, 4.69) is 15.5 Å². The van der Waals surface area contributed by atoms with Crippen molar-refractivity contribution in [1.29, 1.82) is 0 Å². The summed E-state index contributed by atoms with van der Waals surface area (Å²) in [6, 6.07) is 0.777. The molecule has 1 unspecified atom stereocenters. The zero-order valence-electron chi connectivity index (χ0n) is 11.3. The average molecular weight is 253 g/mol. The Hall–Kier alpha value is -0.940. The standard InChI is InChI=1S/C13H23N3O2/c1-10(17-2)5-8-13-16-15-12(18-13)4-3-9-14-11-6-7-11/h10-11,14H,3-9H2,1-2H3. The van der Waals surface area contributed by atoms with Crippen LogP contribution in [0.25, 0.3) is 0 Å². The lowest BCUT2D eigenvalue weighted by atomic mass is 10.2. The number of rotatable bonds is 9. The molecule has 1 aliphatic carbocycles. The Labute approximate surface area is 108 Å². The Morgan fingerprint density at radius 3 is 2.72 bits per heavy atom. The van der Waals surface area contributed by atoms with Crippen LogP contribution >= 0.6 is 0 Å². The molecule has 1 heterocycles. The zero-order valence-corrected chi connectivity index (χ0v) is 11.3. The maximum Gasteiger partial charge on any atom is 0.216 e. The Morgan fingerprint density at radius 2 is 2.06 bits per heavy atom. The lowest BCUT2D eigenvalue weighted by molar-refractivity contribution is 0.109. The Morgan fingerprint density at radius 1 is 1.33 bits per heavy atom. The molecule has 1 atom stereocenters. The lowest BCUT2D eigenvalue weighted by Crippen LogP contribution is -2.17. The van der Waals surface area contributed by atoms with Gasteiger partial charge in [-0.25, -0.2) is 0 Å². The van der Waals surface area contributed by atoms with E-state index in [4.69, 9.17) is 9.15 Å². The number of aryl methyl sites for hydroxylation is 2. The highest BCUT2D eigenvalue weighted by molar-refractivity contribution is 4.84. The van der Waals surface area contributed by atoms with E-state index >= 15 is 0 Å². The van der Waals surface area contributed by atoms with Crippen LogP contribution in [0.5, 0.6) is 0 Å². The molecule has 1 saturated carbocycles. The number of aromatic nitrogens is 2. The van der Waals surface area contributed by atoms with Crippen LogP contribution in [-0.2, 0) is 17.6 Å². The molecule has 1 N–H and O–H groups in total. The molecule has 18 heavy (non-hydrogen) atoms. The van der Waals surface area contributed by atoms with Crippen molar-refractivity contribution < 1.29 is 9.15 Å². The molecule has 1 aromatic rings. The molecule has 2 rings (SSSR count). The maximum atomic E-state index is 5.60. The molecule has 102 valence electrons. The van der Waals surface area contributed by atoms with Crippen molar-refractivity contribution in [2.45, 2.75) is 57.6 Å². The van der Waals surface area contributed by atoms with Gasteiger partial charge in [0.2, 0.25) is 11.8 Å². The van der Waals surface area contributed by atoms with Gasteiger partial charge in [0.15, 0.2) is 0 Å². The molecular weight excluding hydrogens is 230 g/mol. The average Bonchev–Trinajstić information content (AvgIpc) is 3.10. The van der Waals surface area contributed by atoms with Crippen LogP contribution < -0.4 is 5.32 Å². The van der Waals surface area contributed by atoms with E-state index in [0.717, 1.165) is 50.1 Å². The lowest BCUT2D eigenvalue weighted by Gasteiger charge is -2.05. The molecule has 0 spiro atoms. The predicted octanol–water partition coefficient (Wildman–Crippen LogP) is 1.72. The largest absolute Gasteiger partial charge is 0.425 e. The quantitative estimate of drug-likeness (QED) is 0.679. The normalized spacial score (nSPS) is 17.0. The van der Waals surface area contributed by atoms with E-state index in [9.17, 15) is 0 Å². The molecule has 0 amide bonds. The van der Waals surface area contributed by atoms with Crippen LogP contribution in [0.2, 0.25) is 0 Å². The van der Waals surface area contributed by atoms with Crippen LogP contribution in [-0.4, -0.2) is 36.0 Å². The predicted molar refractivity (Wildman–Crippen MR) is 68.4 cm³/mol. The van der Waals surface area contributed by atoms with Gasteiger partial charge in [0.25, 0.3) is 0 Å². The van der Waals surface area contributed by atoms with Crippen LogP contribution in [0.1, 0.15) is 44.4 Å². The fourth-order valence-electron chi connectivity index (χ4n) is 1.77. The Bertz CT molecular complexity index is 350. The molecular formula is C13H23N3O2. The van der Waals surface area contributed by atoms with Gasteiger partial charge in [-0.2, -0.15) is 0 Å². The number of nitrogens with one attached hydrogen (secondary N) is 1. The van der Waals surface area contributed by atoms with E-state index in [1.54, 1.807) is 7.11 Å². The summed E-state index contributed by atoms with van der Waals surface area (Å²) in [5, 5.41) is 11.6. The van der Waals surface area contributed by atoms with Gasteiger partial charge >= 0.3 is 0 Å². The maximum absolute atomic E-state index is 5.60. The van der Waals surface area contributed by atoms with Crippen molar-refractivity contribution in [2.75, 3.05) is 13.7 Å². The van der Waals surface area contributed by atoms with Gasteiger partial charge in [0.05, 0.1) is 6.10 Å². The SMILES string of the molecule is COC(C)CCc1nnc(CCCNC2CC2)o1. The molecule has 0 bridgehead atoms. The highest BCUT2D eigenvalue weighted by Crippen LogP contribution is 2.18. The smallest absolute Gasteiger partial charge is 0.216 e. The molecule has 0 radical (unpaired) electrons. The van der Waals surface area contributed by atoms with Gasteiger partial charge in [0, 0.05) is 26.0 Å². The zero-order chi connectivity index (χ0) is 12.8. The minimum absolute atomic E-state index is 0.239. The molecule has 1 fully saturated rings. The fourth-order valence-corrected chi connectivity index (χ4v) is 1.77. The van der Waals surface area contributed by atoms with Crippen molar-refractivity contribution >= 4 is 0 Å². The van der Waals surface area contributed by atoms with Gasteiger partial charge in [-0.3, -0.25) is 0 Å². The third kappa shape index (κ3) is 4.74. The van der Waals surface area contributed by atoms with E-state index in [-0.39, 0.29) is 6.10 Å². The first kappa shape index (κ1) is 13.5. The molecule has 5 nitrogen and oxygen atoms in total. The van der Waals surface area contributed by atoms with Gasteiger partial charge in [-0.1, -0.05) is 0 Å². The summed E-state index contributed by atoms with van der Waals surface area (Å²) in [6.07, 6.45) is 6.55. The first-order valence-corrected chi connectivity index (χ1v) is 6.85. The van der Waals surface area contributed by atoms with Crippen molar-refractivity contribution in [1.82, 2.24) is 15.5 Å². The summed E-state index contributed by atoms with van der Waals surface area (Å²) in [5.41, 5.74) is 0. The summed E-state index contributed by atoms with van der Waals surface area (Å²) < 4.78 is 10.8. The Kier molecular flexibility index (Phi) is 5.13. The van der Waals surface area contributed by atoms with Crippen LogP contribution in [0.15, 0.2) is 4.42 Å². The number of nitrogens with zero attached hydrogens (tertiary/aromatic N) is 2. The van der Waals surface area contributed by atoms with Gasteiger partial charge in [0.1, 0.15) is 0 Å². The number of ether oxygens (including phenoxy) is 1. The summed E-state index contributed by atoms with van der Waals surface area (Å²) in [7, 11) is 1.72. The topological polar surface area (TPSA) is 60.2 Å². The minimum Gasteiger partial charge on any atom is -0.425 e. The van der Waals surface area contributed by atoms with E-state index in [0.29, 0.717) is 0 Å². The second kappa shape index (κ2) is 6.85. The Balaban J connectivity index is 1.61. The van der Waals surface area contributed by atoms with Crippen LogP contribution in [0.3, 0.4) is 0 Å². The molecule has 1 aliphatic rings. The highest BCUT2D eigenvalue weighted by Gasteiger charge is 2.19. The van der Waals surface area contributed by atoms with E-state index in [1.807, 2.05) is 6.92 Å². The molecule has 1 aromatic heterocycles.